The van der Waals surface area contributed by atoms with Crippen molar-refractivity contribution in [1.29, 1.82) is 0 Å². The van der Waals surface area contributed by atoms with E-state index in [1.165, 1.54) is 6.20 Å². The van der Waals surface area contributed by atoms with Crippen molar-refractivity contribution >= 4 is 22.3 Å². The van der Waals surface area contributed by atoms with Crippen molar-refractivity contribution in [3.63, 3.8) is 0 Å². The van der Waals surface area contributed by atoms with Gasteiger partial charge in [-0.1, -0.05) is 0 Å². The highest BCUT2D eigenvalue weighted by Crippen LogP contribution is 2.32. The zero-order valence-electron chi connectivity index (χ0n) is 11.3. The van der Waals surface area contributed by atoms with E-state index in [2.05, 4.69) is 15.6 Å². The van der Waals surface area contributed by atoms with Crippen LogP contribution in [-0.4, -0.2) is 29.5 Å². The number of nitrogens with zero attached hydrogens (tertiary/aromatic N) is 2. The lowest BCUT2D eigenvalue weighted by Gasteiger charge is -2.13. The second kappa shape index (κ2) is 5.61. The molecule has 1 aromatic carbocycles. The first-order valence-electron chi connectivity index (χ1n) is 6.83. The van der Waals surface area contributed by atoms with Crippen molar-refractivity contribution in [2.75, 3.05) is 25.0 Å². The van der Waals surface area contributed by atoms with E-state index in [0.29, 0.717) is 23.4 Å². The Morgan fingerprint density at radius 2 is 2.43 bits per heavy atom. The van der Waals surface area contributed by atoms with Crippen LogP contribution in [0.5, 0.6) is 0 Å². The first-order chi connectivity index (χ1) is 10.2. The maximum Gasteiger partial charge on any atom is 0.281 e. The van der Waals surface area contributed by atoms with Crippen LogP contribution in [-0.2, 0) is 0 Å². The summed E-state index contributed by atoms with van der Waals surface area (Å²) in [6.45, 7) is 2.48. The summed E-state index contributed by atoms with van der Waals surface area (Å²) in [5.41, 5.74) is 0.280. The minimum absolute atomic E-state index is 0.239. The van der Waals surface area contributed by atoms with Gasteiger partial charge < -0.3 is 10.6 Å². The van der Waals surface area contributed by atoms with E-state index in [9.17, 15) is 14.5 Å². The number of halogens is 1. The molecule has 21 heavy (non-hydrogen) atoms. The van der Waals surface area contributed by atoms with Gasteiger partial charge in [0.2, 0.25) is 0 Å². The molecule has 1 aliphatic rings. The summed E-state index contributed by atoms with van der Waals surface area (Å²) in [6, 6.07) is 4.15. The molecule has 1 saturated heterocycles. The fourth-order valence-electron chi connectivity index (χ4n) is 2.65. The Morgan fingerprint density at radius 1 is 1.57 bits per heavy atom. The largest absolute Gasteiger partial charge is 0.381 e. The molecule has 1 aromatic heterocycles. The first kappa shape index (κ1) is 13.7. The zero-order chi connectivity index (χ0) is 14.8. The molecule has 2 N–H and O–H groups in total. The molecule has 0 radical (unpaired) electrons. The van der Waals surface area contributed by atoms with Crippen LogP contribution in [0.4, 0.5) is 15.8 Å². The zero-order valence-corrected chi connectivity index (χ0v) is 11.3. The number of non-ortho nitro benzene ring substituents is 1. The Morgan fingerprint density at radius 3 is 3.14 bits per heavy atom. The van der Waals surface area contributed by atoms with Crippen molar-refractivity contribution in [1.82, 2.24) is 10.3 Å². The summed E-state index contributed by atoms with van der Waals surface area (Å²) < 4.78 is 14.2. The van der Waals surface area contributed by atoms with Crippen LogP contribution in [0.25, 0.3) is 10.9 Å². The number of pyridine rings is 1. The van der Waals surface area contributed by atoms with Crippen LogP contribution in [0.1, 0.15) is 6.42 Å². The topological polar surface area (TPSA) is 80.1 Å². The maximum absolute atomic E-state index is 14.2. The summed E-state index contributed by atoms with van der Waals surface area (Å²) in [6.07, 6.45) is 2.54. The van der Waals surface area contributed by atoms with Crippen LogP contribution in [0.2, 0.25) is 0 Å². The normalized spacial score (nSPS) is 18.0. The van der Waals surface area contributed by atoms with Crippen molar-refractivity contribution in [2.45, 2.75) is 6.42 Å². The first-order valence-corrected chi connectivity index (χ1v) is 6.83. The van der Waals surface area contributed by atoms with Gasteiger partial charge in [-0.25, -0.2) is 4.39 Å². The van der Waals surface area contributed by atoms with Crippen LogP contribution in [0.15, 0.2) is 24.4 Å². The van der Waals surface area contributed by atoms with Crippen molar-refractivity contribution in [2.24, 2.45) is 5.92 Å². The third kappa shape index (κ3) is 2.64. The lowest BCUT2D eigenvalue weighted by Crippen LogP contribution is -2.18. The molecule has 3 rings (SSSR count). The summed E-state index contributed by atoms with van der Waals surface area (Å²) >= 11 is 0. The quantitative estimate of drug-likeness (QED) is 0.667. The molecule has 0 bridgehead atoms. The van der Waals surface area contributed by atoms with Crippen molar-refractivity contribution < 1.29 is 9.31 Å². The van der Waals surface area contributed by atoms with Crippen molar-refractivity contribution in [3.05, 3.63) is 40.3 Å². The molecular weight excluding hydrogens is 275 g/mol. The standard InChI is InChI=1S/C14H15FN4O2/c15-11-6-12(19(20)21)10-2-1-4-17-13(10)14(11)18-8-9-3-5-16-7-9/h1-2,4,6,9,16,18H,3,5,7-8H2. The third-order valence-corrected chi connectivity index (χ3v) is 3.75. The molecular formula is C14H15FN4O2. The molecule has 6 nitrogen and oxygen atoms in total. The number of fused-ring (bicyclic) bond motifs is 1. The Hall–Kier alpha value is -2.28. The summed E-state index contributed by atoms with van der Waals surface area (Å²) in [5, 5.41) is 17.7. The third-order valence-electron chi connectivity index (χ3n) is 3.75. The summed E-state index contributed by atoms with van der Waals surface area (Å²) in [4.78, 5) is 14.6. The molecule has 110 valence electrons. The number of hydrogen-bond donors (Lipinski definition) is 2. The predicted molar refractivity (Wildman–Crippen MR) is 77.8 cm³/mol. The Balaban J connectivity index is 1.99. The van der Waals surface area contributed by atoms with E-state index in [0.717, 1.165) is 25.6 Å². The number of nitro benzene ring substituents is 1. The number of anilines is 1. The van der Waals surface area contributed by atoms with Gasteiger partial charge in [0.25, 0.3) is 5.69 Å². The highest BCUT2D eigenvalue weighted by Gasteiger charge is 2.21. The second-order valence-corrected chi connectivity index (χ2v) is 5.15. The van der Waals surface area contributed by atoms with Crippen molar-refractivity contribution in [3.8, 4) is 0 Å². The minimum Gasteiger partial charge on any atom is -0.381 e. The van der Waals surface area contributed by atoms with E-state index in [-0.39, 0.29) is 11.4 Å². The molecule has 0 spiro atoms. The van der Waals surface area contributed by atoms with E-state index in [1.807, 2.05) is 0 Å². The van der Waals surface area contributed by atoms with Crippen LogP contribution < -0.4 is 10.6 Å². The van der Waals surface area contributed by atoms with Gasteiger partial charge in [0.05, 0.1) is 22.1 Å². The SMILES string of the molecule is O=[N+]([O-])c1cc(F)c(NCC2CCNC2)c2ncccc12. The number of nitro groups is 1. The summed E-state index contributed by atoms with van der Waals surface area (Å²) in [5.74, 6) is -0.211. The molecule has 1 atom stereocenters. The molecule has 1 fully saturated rings. The number of rotatable bonds is 4. The number of benzene rings is 1. The molecule has 0 amide bonds. The number of aromatic nitrogens is 1. The average Bonchev–Trinajstić information content (AvgIpc) is 2.98. The van der Waals surface area contributed by atoms with E-state index in [4.69, 9.17) is 0 Å². The Bertz CT molecular complexity index is 686. The smallest absolute Gasteiger partial charge is 0.281 e. The Kier molecular flexibility index (Phi) is 3.66. The van der Waals surface area contributed by atoms with Crippen LogP contribution in [0.3, 0.4) is 0 Å². The number of nitrogens with one attached hydrogen (secondary N) is 2. The van der Waals surface area contributed by atoms with Gasteiger partial charge >= 0.3 is 0 Å². The van der Waals surface area contributed by atoms with Gasteiger partial charge in [-0.15, -0.1) is 0 Å². The van der Waals surface area contributed by atoms with Crippen LogP contribution >= 0.6 is 0 Å². The van der Waals surface area contributed by atoms with E-state index in [1.54, 1.807) is 12.1 Å². The van der Waals surface area contributed by atoms with Gasteiger partial charge in [-0.05, 0) is 37.6 Å². The highest BCUT2D eigenvalue weighted by molar-refractivity contribution is 5.97. The number of hydrogen-bond acceptors (Lipinski definition) is 5. The van der Waals surface area contributed by atoms with E-state index >= 15 is 0 Å². The Labute approximate surface area is 120 Å². The van der Waals surface area contributed by atoms with Gasteiger partial charge in [0.1, 0.15) is 5.52 Å². The monoisotopic (exact) mass is 290 g/mol. The molecule has 1 unspecified atom stereocenters. The average molecular weight is 290 g/mol. The molecule has 2 aromatic rings. The lowest BCUT2D eigenvalue weighted by atomic mass is 10.1. The summed E-state index contributed by atoms with van der Waals surface area (Å²) in [7, 11) is 0. The molecule has 0 saturated carbocycles. The van der Waals surface area contributed by atoms with E-state index < -0.39 is 10.7 Å². The molecule has 1 aliphatic heterocycles. The molecule has 7 heteroatoms. The maximum atomic E-state index is 14.2. The predicted octanol–water partition coefficient (Wildman–Crippen LogP) is 2.30. The van der Waals surface area contributed by atoms with Crippen LogP contribution in [0, 0.1) is 21.8 Å². The molecule has 0 aliphatic carbocycles. The highest BCUT2D eigenvalue weighted by atomic mass is 19.1. The second-order valence-electron chi connectivity index (χ2n) is 5.15. The fraction of sp³-hybridized carbons (Fsp3) is 0.357. The van der Waals surface area contributed by atoms with Gasteiger partial charge in [-0.3, -0.25) is 15.1 Å². The fourth-order valence-corrected chi connectivity index (χ4v) is 2.65. The lowest BCUT2D eigenvalue weighted by molar-refractivity contribution is -0.383. The van der Waals surface area contributed by atoms with Gasteiger partial charge in [0.15, 0.2) is 5.82 Å². The van der Waals surface area contributed by atoms with Gasteiger partial charge in [0, 0.05) is 12.7 Å². The van der Waals surface area contributed by atoms with Gasteiger partial charge in [-0.2, -0.15) is 0 Å². The molecule has 2 heterocycles. The minimum atomic E-state index is -0.640.